The highest BCUT2D eigenvalue weighted by Crippen LogP contribution is 2.45. The van der Waals surface area contributed by atoms with Crippen LogP contribution in [0, 0.1) is 20.8 Å². The van der Waals surface area contributed by atoms with Gasteiger partial charge in [-0.2, -0.15) is 0 Å². The predicted octanol–water partition coefficient (Wildman–Crippen LogP) is 21.7. The number of hydrogen-bond donors (Lipinski definition) is 0. The van der Waals surface area contributed by atoms with Crippen molar-refractivity contribution in [1.29, 1.82) is 0 Å². The molecule has 147 heavy (non-hydrogen) atoms. The first-order valence-electron chi connectivity index (χ1n) is 51.8. The van der Waals surface area contributed by atoms with E-state index in [1.54, 1.807) is 98.4 Å². The molecule has 5 amide bonds. The number of rotatable bonds is 22. The molecule has 10 aromatic rings. The number of methoxy groups -OCH3 is 2. The second-order valence-electron chi connectivity index (χ2n) is 41.5. The van der Waals surface area contributed by atoms with Crippen LogP contribution in [-0.4, -0.2) is 126 Å². The maximum Gasteiger partial charge on any atom is 0.256 e. The lowest BCUT2D eigenvalue weighted by Crippen LogP contribution is -2.35. The lowest BCUT2D eigenvalue weighted by Gasteiger charge is -2.34. The molecule has 5 aromatic carbocycles. The Morgan fingerprint density at radius 3 is 0.721 bits per heavy atom. The van der Waals surface area contributed by atoms with Crippen LogP contribution in [0.3, 0.4) is 0 Å². The van der Waals surface area contributed by atoms with E-state index in [1.807, 2.05) is 149 Å². The number of carbonyl (C=O) groups excluding carboxylic acids is 5. The molecule has 0 radical (unpaired) electrons. The summed E-state index contributed by atoms with van der Waals surface area (Å²) in [6.07, 6.45) is 45.0. The van der Waals surface area contributed by atoms with Gasteiger partial charge in [0.15, 0.2) is 0 Å². The van der Waals surface area contributed by atoms with E-state index >= 15 is 0 Å². The first-order chi connectivity index (χ1) is 70.6. The highest BCUT2D eigenvalue weighted by atomic mass is 16.5. The van der Waals surface area contributed by atoms with Gasteiger partial charge in [0.05, 0.1) is 72.2 Å². The van der Waals surface area contributed by atoms with Gasteiger partial charge in [-0.3, -0.25) is 47.9 Å². The molecule has 22 heteroatoms. The smallest absolute Gasteiger partial charge is 0.256 e. The van der Waals surface area contributed by atoms with Crippen molar-refractivity contribution in [2.45, 2.75) is 247 Å². The summed E-state index contributed by atoms with van der Waals surface area (Å²) in [5, 5.41) is 0. The number of nitrogens with zero attached hydrogens (tertiary/aromatic N) is 10. The summed E-state index contributed by atoms with van der Waals surface area (Å²) in [4.78, 5) is 142. The number of aryl methyl sites for hydroxylation is 6. The third-order valence-electron chi connectivity index (χ3n) is 31.1. The lowest BCUT2D eigenvalue weighted by atomic mass is 9.85. The van der Waals surface area contributed by atoms with E-state index < -0.39 is 0 Å². The second-order valence-corrected chi connectivity index (χ2v) is 41.5. The summed E-state index contributed by atoms with van der Waals surface area (Å²) in [7, 11) is 12.8. The Morgan fingerprint density at radius 1 is 0.299 bits per heavy atom. The van der Waals surface area contributed by atoms with Crippen molar-refractivity contribution in [3.8, 4) is 11.5 Å². The molecule has 0 N–H and O–H groups in total. The molecule has 0 spiro atoms. The van der Waals surface area contributed by atoms with Crippen LogP contribution in [0.25, 0.3) is 30.4 Å². The van der Waals surface area contributed by atoms with Crippen molar-refractivity contribution in [2.75, 3.05) is 49.5 Å². The Labute approximate surface area is 863 Å². The van der Waals surface area contributed by atoms with Gasteiger partial charge >= 0.3 is 0 Å². The zero-order valence-corrected chi connectivity index (χ0v) is 88.3. The van der Waals surface area contributed by atoms with E-state index in [1.165, 1.54) is 61.2 Å². The first kappa shape index (κ1) is 105. The van der Waals surface area contributed by atoms with Crippen molar-refractivity contribution < 1.29 is 33.4 Å². The van der Waals surface area contributed by atoms with Crippen molar-refractivity contribution in [1.82, 2.24) is 47.3 Å². The largest absolute Gasteiger partial charge is 0.496 e. The van der Waals surface area contributed by atoms with E-state index in [-0.39, 0.29) is 87.5 Å². The fraction of sp³-hybridized carbons (Fsp3) is 0.360. The number of carbonyl (C=O) groups is 5. The highest BCUT2D eigenvalue weighted by Gasteiger charge is 2.40. The monoisotopic (exact) mass is 1970 g/mol. The molecular weight excluding hydrogens is 1830 g/mol. The van der Waals surface area contributed by atoms with E-state index in [4.69, 9.17) is 9.47 Å². The SMILES string of the molecule is C=CCn1cc(C(=O)N(C)C2CCCc3c(OC)cccc32)c2c(c1=O)CC(C)=C2.C=CCn1cc(C(=O)N(C)C2CCCc3c(OC)cccc32)c2c(c1=O)CC(C)=C2.C=CCn1cc(C(=O)N(C)C2CCCc3ccc(C)cc32)c2c(c1=O)CC(C)=C2.C=CCn1cc(C(=O)N(C)C2CCCc3ccc(C)cc32)c2c(c1=O)CC(C)=C2.C=CCn1cc(C(=O)N(C)C2CCCc3ccc(C)cc32)c2c(c1=O)CC(C)=C2. The molecule has 0 bridgehead atoms. The van der Waals surface area contributed by atoms with Gasteiger partial charge in [-0.15, -0.1) is 32.9 Å². The number of ether oxygens (including phenoxy) is 2. The van der Waals surface area contributed by atoms with Crippen LogP contribution >= 0.6 is 0 Å². The zero-order chi connectivity index (χ0) is 105. The topological polar surface area (TPSA) is 230 Å². The quantitative estimate of drug-likeness (QED) is 0.0577. The average molecular weight is 1970 g/mol. The number of benzene rings is 5. The van der Waals surface area contributed by atoms with Gasteiger partial charge in [-0.05, 0) is 279 Å². The van der Waals surface area contributed by atoms with Crippen LogP contribution < -0.4 is 37.3 Å². The standard InChI is InChI=1S/2C25H28N2O3.3C25H28N2O2/c2*1-5-12-27-15-21(19-13-16(2)14-20(19)25(27)29)24(28)26(3)22-10-6-9-18-17(22)8-7-11-23(18)30-4;3*1-5-11-27-15-22(20-13-17(3)14-21(20)25(27)29)24(28)26(4)23-8-6-7-18-10-9-16(2)12-19(18)23/h2*5,7-8,11,13,15,22H,1,6,9-10,12,14H2,2-4H3;3*5,9-10,12-13,15,23H,1,6-8,11,14H2,2-4H3. The summed E-state index contributed by atoms with van der Waals surface area (Å²) in [5.41, 5.74) is 32.1. The van der Waals surface area contributed by atoms with Crippen LogP contribution in [-0.2, 0) is 96.9 Å². The van der Waals surface area contributed by atoms with E-state index in [0.29, 0.717) is 104 Å². The summed E-state index contributed by atoms with van der Waals surface area (Å²) < 4.78 is 19.1. The minimum atomic E-state index is -0.0596. The van der Waals surface area contributed by atoms with Crippen LogP contribution in [0.15, 0.2) is 237 Å². The van der Waals surface area contributed by atoms with Gasteiger partial charge in [-0.1, -0.05) is 184 Å². The van der Waals surface area contributed by atoms with E-state index in [0.717, 1.165) is 191 Å². The van der Waals surface area contributed by atoms with E-state index in [2.05, 4.69) is 120 Å². The predicted molar refractivity (Wildman–Crippen MR) is 590 cm³/mol. The fourth-order valence-corrected chi connectivity index (χ4v) is 23.8. The van der Waals surface area contributed by atoms with Gasteiger partial charge in [0.2, 0.25) is 0 Å². The molecule has 0 saturated heterocycles. The third kappa shape index (κ3) is 21.2. The molecular formula is C125H140N10O12. The minimum absolute atomic E-state index is 0.0155. The van der Waals surface area contributed by atoms with Crippen molar-refractivity contribution >= 4 is 59.9 Å². The summed E-state index contributed by atoms with van der Waals surface area (Å²) in [6, 6.07) is 32.0. The van der Waals surface area contributed by atoms with Crippen LogP contribution in [0.5, 0.6) is 11.5 Å². The van der Waals surface area contributed by atoms with Gasteiger partial charge < -0.3 is 56.8 Å². The molecule has 10 aliphatic carbocycles. The molecule has 20 rings (SSSR count). The van der Waals surface area contributed by atoms with Crippen LogP contribution in [0.4, 0.5) is 0 Å². The summed E-state index contributed by atoms with van der Waals surface area (Å²) in [6.45, 7) is 37.1. The maximum atomic E-state index is 13.7. The van der Waals surface area contributed by atoms with Crippen LogP contribution in [0.1, 0.15) is 309 Å². The Hall–Kier alpha value is -14.8. The van der Waals surface area contributed by atoms with E-state index in [9.17, 15) is 47.9 Å². The van der Waals surface area contributed by atoms with Crippen LogP contribution in [0.2, 0.25) is 0 Å². The molecule has 10 aliphatic rings. The number of allylic oxidation sites excluding steroid dienone is 10. The second kappa shape index (κ2) is 45.0. The van der Waals surface area contributed by atoms with Gasteiger partial charge in [-0.25, -0.2) is 0 Å². The Kier molecular flexibility index (Phi) is 32.2. The fourth-order valence-electron chi connectivity index (χ4n) is 23.8. The number of pyridine rings is 5. The highest BCUT2D eigenvalue weighted by molar-refractivity contribution is 6.02. The molecule has 5 atom stereocenters. The first-order valence-corrected chi connectivity index (χ1v) is 51.8. The Morgan fingerprint density at radius 2 is 0.510 bits per heavy atom. The molecule has 5 unspecified atom stereocenters. The third-order valence-corrected chi connectivity index (χ3v) is 31.1. The zero-order valence-electron chi connectivity index (χ0n) is 88.3. The van der Waals surface area contributed by atoms with Gasteiger partial charge in [0.1, 0.15) is 11.5 Å². The molecule has 22 nitrogen and oxygen atoms in total. The molecule has 0 aliphatic heterocycles. The normalized spacial score (nSPS) is 17.2. The molecule has 5 aromatic heterocycles. The minimum Gasteiger partial charge on any atom is -0.496 e. The molecule has 0 fully saturated rings. The molecule has 762 valence electrons. The summed E-state index contributed by atoms with van der Waals surface area (Å²) in [5.74, 6) is 1.58. The molecule has 0 saturated carbocycles. The Bertz CT molecular complexity index is 6940. The van der Waals surface area contributed by atoms with Crippen molar-refractivity contribution in [3.05, 3.63) is 421 Å². The lowest BCUT2D eigenvalue weighted by molar-refractivity contribution is 0.0706. The van der Waals surface area contributed by atoms with Gasteiger partial charge in [0, 0.05) is 127 Å². The maximum absolute atomic E-state index is 13.7. The summed E-state index contributed by atoms with van der Waals surface area (Å²) >= 11 is 0. The molecule has 5 heterocycles. The van der Waals surface area contributed by atoms with Crippen molar-refractivity contribution in [2.24, 2.45) is 0 Å². The average Bonchev–Trinajstić information content (AvgIpc) is 1.91. The Balaban J connectivity index is 0.000000131. The van der Waals surface area contributed by atoms with Gasteiger partial charge in [0.25, 0.3) is 57.3 Å². The number of fused-ring (bicyclic) bond motifs is 10. The number of hydrogen-bond acceptors (Lipinski definition) is 12. The van der Waals surface area contributed by atoms with Crippen molar-refractivity contribution in [3.63, 3.8) is 0 Å². The number of aromatic nitrogens is 5. The number of amides is 5.